The van der Waals surface area contributed by atoms with Gasteiger partial charge in [0.25, 0.3) is 0 Å². The van der Waals surface area contributed by atoms with Gasteiger partial charge in [-0.25, -0.2) is 0 Å². The van der Waals surface area contributed by atoms with Gasteiger partial charge in [-0.1, -0.05) is 32.1 Å². The highest BCUT2D eigenvalue weighted by molar-refractivity contribution is 6.21. The third-order valence-corrected chi connectivity index (χ3v) is 5.92. The average molecular weight is 286 g/mol. The van der Waals surface area contributed by atoms with Crippen molar-refractivity contribution in [2.45, 2.75) is 93.8 Å². The number of ether oxygens (including phenoxy) is 1. The van der Waals surface area contributed by atoms with Crippen LogP contribution in [-0.4, -0.2) is 29.7 Å². The van der Waals surface area contributed by atoms with E-state index < -0.39 is 0 Å². The van der Waals surface area contributed by atoms with E-state index in [-0.39, 0.29) is 5.60 Å². The van der Waals surface area contributed by atoms with Crippen LogP contribution in [0.4, 0.5) is 0 Å². The van der Waals surface area contributed by atoms with Crippen molar-refractivity contribution in [2.75, 3.05) is 6.54 Å². The minimum atomic E-state index is 0.274. The van der Waals surface area contributed by atoms with E-state index in [0.29, 0.717) is 17.5 Å². The molecule has 3 aliphatic rings. The fraction of sp³-hybridized carbons (Fsp3) is 1.00. The molecule has 3 heteroatoms. The first-order valence-electron chi connectivity index (χ1n) is 8.33. The predicted molar refractivity (Wildman–Crippen MR) is 79.8 cm³/mol. The molecule has 110 valence electrons. The van der Waals surface area contributed by atoms with Crippen molar-refractivity contribution < 1.29 is 4.74 Å². The van der Waals surface area contributed by atoms with Crippen molar-refractivity contribution in [3.8, 4) is 0 Å². The molecule has 2 aliphatic carbocycles. The van der Waals surface area contributed by atoms with Crippen molar-refractivity contribution in [3.63, 3.8) is 0 Å². The smallest absolute Gasteiger partial charge is 0.0708 e. The molecule has 0 aromatic carbocycles. The maximum Gasteiger partial charge on any atom is 0.0708 e. The van der Waals surface area contributed by atoms with E-state index in [1.165, 1.54) is 70.6 Å². The minimum absolute atomic E-state index is 0.274. The zero-order valence-corrected chi connectivity index (χ0v) is 12.8. The van der Waals surface area contributed by atoms with Gasteiger partial charge < -0.3 is 10.1 Å². The quantitative estimate of drug-likeness (QED) is 0.625. The van der Waals surface area contributed by atoms with Gasteiger partial charge >= 0.3 is 0 Å². The van der Waals surface area contributed by atoms with Crippen molar-refractivity contribution in [3.05, 3.63) is 0 Å². The van der Waals surface area contributed by atoms with Gasteiger partial charge in [-0.05, 0) is 38.5 Å². The van der Waals surface area contributed by atoms with Gasteiger partial charge in [0.05, 0.1) is 11.7 Å². The van der Waals surface area contributed by atoms with Crippen molar-refractivity contribution in [1.82, 2.24) is 5.32 Å². The van der Waals surface area contributed by atoms with Crippen LogP contribution in [0.15, 0.2) is 0 Å². The Bertz CT molecular complexity index is 290. The Morgan fingerprint density at radius 1 is 0.947 bits per heavy atom. The lowest BCUT2D eigenvalue weighted by Crippen LogP contribution is -2.41. The van der Waals surface area contributed by atoms with Crippen LogP contribution < -0.4 is 5.32 Å². The maximum atomic E-state index is 6.49. The summed E-state index contributed by atoms with van der Waals surface area (Å²) in [6.45, 7) is 1.01. The summed E-state index contributed by atoms with van der Waals surface area (Å²) in [6, 6.07) is 0.507. The molecule has 2 saturated carbocycles. The molecule has 3 unspecified atom stereocenters. The maximum absolute atomic E-state index is 6.49. The van der Waals surface area contributed by atoms with Crippen molar-refractivity contribution in [2.24, 2.45) is 0 Å². The number of rotatable bonds is 3. The van der Waals surface area contributed by atoms with Gasteiger partial charge in [-0.15, -0.1) is 11.6 Å². The predicted octanol–water partition coefficient (Wildman–Crippen LogP) is 4.01. The summed E-state index contributed by atoms with van der Waals surface area (Å²) in [6.07, 6.45) is 14.7. The zero-order chi connectivity index (χ0) is 13.1. The fourth-order valence-corrected chi connectivity index (χ4v) is 4.57. The van der Waals surface area contributed by atoms with Gasteiger partial charge in [0.1, 0.15) is 0 Å². The number of nitrogens with one attached hydrogen (secondary N) is 1. The second-order valence-corrected chi connectivity index (χ2v) is 7.40. The monoisotopic (exact) mass is 285 g/mol. The summed E-state index contributed by atoms with van der Waals surface area (Å²) < 4.78 is 6.36. The molecule has 3 rings (SSSR count). The largest absolute Gasteiger partial charge is 0.370 e. The molecule has 1 heterocycles. The first-order valence-corrected chi connectivity index (χ1v) is 8.76. The molecule has 19 heavy (non-hydrogen) atoms. The molecule has 0 aromatic rings. The van der Waals surface area contributed by atoms with E-state index >= 15 is 0 Å². The van der Waals surface area contributed by atoms with E-state index in [4.69, 9.17) is 16.3 Å². The molecule has 0 amide bonds. The van der Waals surface area contributed by atoms with E-state index in [9.17, 15) is 0 Å². The first-order chi connectivity index (χ1) is 9.27. The highest BCUT2D eigenvalue weighted by Gasteiger charge is 2.42. The summed E-state index contributed by atoms with van der Waals surface area (Å²) in [4.78, 5) is 0. The Kier molecular flexibility index (Phi) is 4.71. The second kappa shape index (κ2) is 6.32. The SMILES string of the molecule is ClC1CCCCCC1NCC1CCC2(CCCC2)O1. The van der Waals surface area contributed by atoms with Gasteiger partial charge in [0.15, 0.2) is 0 Å². The van der Waals surface area contributed by atoms with Crippen molar-refractivity contribution >= 4 is 11.6 Å². The van der Waals surface area contributed by atoms with Gasteiger partial charge in [0.2, 0.25) is 0 Å². The zero-order valence-electron chi connectivity index (χ0n) is 12.0. The van der Waals surface area contributed by atoms with Crippen LogP contribution in [0.2, 0.25) is 0 Å². The van der Waals surface area contributed by atoms with E-state index in [1.807, 2.05) is 0 Å². The number of hydrogen-bond donors (Lipinski definition) is 1. The van der Waals surface area contributed by atoms with Crippen molar-refractivity contribution in [1.29, 1.82) is 0 Å². The van der Waals surface area contributed by atoms with E-state index in [1.54, 1.807) is 0 Å². The van der Waals surface area contributed by atoms with E-state index in [2.05, 4.69) is 5.32 Å². The summed E-state index contributed by atoms with van der Waals surface area (Å²) >= 11 is 6.49. The normalized spacial score (nSPS) is 38.7. The molecule has 1 saturated heterocycles. The molecule has 3 fully saturated rings. The molecule has 3 atom stereocenters. The summed E-state index contributed by atoms with van der Waals surface area (Å²) in [5.41, 5.74) is 0.274. The number of halogens is 1. The van der Waals surface area contributed by atoms with E-state index in [0.717, 1.165) is 6.54 Å². The Labute approximate surface area is 122 Å². The summed E-state index contributed by atoms with van der Waals surface area (Å²) in [7, 11) is 0. The molecule has 1 spiro atoms. The molecule has 0 aromatic heterocycles. The van der Waals surface area contributed by atoms with Crippen LogP contribution in [0.3, 0.4) is 0 Å². The molecule has 1 aliphatic heterocycles. The molecule has 0 radical (unpaired) electrons. The summed E-state index contributed by atoms with van der Waals surface area (Å²) in [5.74, 6) is 0. The molecule has 1 N–H and O–H groups in total. The Morgan fingerprint density at radius 3 is 2.58 bits per heavy atom. The minimum Gasteiger partial charge on any atom is -0.370 e. The molecular formula is C16H28ClNO. The number of hydrogen-bond acceptors (Lipinski definition) is 2. The highest BCUT2D eigenvalue weighted by Crippen LogP contribution is 2.43. The lowest BCUT2D eigenvalue weighted by atomic mass is 9.98. The Hall–Kier alpha value is 0.210. The Balaban J connectivity index is 1.44. The highest BCUT2D eigenvalue weighted by atomic mass is 35.5. The first kappa shape index (κ1) is 14.2. The summed E-state index contributed by atoms with van der Waals surface area (Å²) in [5, 5.41) is 4.03. The van der Waals surface area contributed by atoms with Gasteiger partial charge in [0, 0.05) is 18.0 Å². The Morgan fingerprint density at radius 2 is 1.74 bits per heavy atom. The molecule has 2 nitrogen and oxygen atoms in total. The second-order valence-electron chi connectivity index (χ2n) is 6.84. The molecule has 0 bridgehead atoms. The van der Waals surface area contributed by atoms with Gasteiger partial charge in [-0.3, -0.25) is 0 Å². The lowest BCUT2D eigenvalue weighted by molar-refractivity contribution is -0.0359. The van der Waals surface area contributed by atoms with Crippen LogP contribution >= 0.6 is 11.6 Å². The third-order valence-electron chi connectivity index (χ3n) is 5.39. The van der Waals surface area contributed by atoms with Crippen LogP contribution in [0, 0.1) is 0 Å². The van der Waals surface area contributed by atoms with Crippen LogP contribution in [0.25, 0.3) is 0 Å². The number of alkyl halides is 1. The van der Waals surface area contributed by atoms with Crippen LogP contribution in [0.5, 0.6) is 0 Å². The third kappa shape index (κ3) is 3.46. The average Bonchev–Trinajstić information content (AvgIpc) is 2.98. The van der Waals surface area contributed by atoms with Crippen LogP contribution in [0.1, 0.15) is 70.6 Å². The lowest BCUT2D eigenvalue weighted by Gasteiger charge is -2.26. The standard InChI is InChI=1S/C16H28ClNO/c17-14-6-2-1-3-7-15(14)18-12-13-8-11-16(19-13)9-4-5-10-16/h13-15,18H,1-12H2. The van der Waals surface area contributed by atoms with Gasteiger partial charge in [-0.2, -0.15) is 0 Å². The topological polar surface area (TPSA) is 21.3 Å². The fourth-order valence-electron chi connectivity index (χ4n) is 4.20. The molecular weight excluding hydrogens is 258 g/mol. The van der Waals surface area contributed by atoms with Crippen LogP contribution in [-0.2, 0) is 4.74 Å².